The third-order valence-electron chi connectivity index (χ3n) is 5.74. The lowest BCUT2D eigenvalue weighted by Gasteiger charge is -2.36. The molecule has 0 saturated carbocycles. The molecule has 2 amide bonds. The fourth-order valence-electron chi connectivity index (χ4n) is 3.84. The first-order valence-corrected chi connectivity index (χ1v) is 12.6. The monoisotopic (exact) mass is 576 g/mol. The number of thiocarbonyl (C=S) groups is 1. The van der Waals surface area contributed by atoms with E-state index in [1.165, 1.54) is 16.9 Å². The fraction of sp³-hybridized carbons (Fsp3) is 0.138. The van der Waals surface area contributed by atoms with Crippen LogP contribution in [0.2, 0.25) is 0 Å². The summed E-state index contributed by atoms with van der Waals surface area (Å²) >= 11 is 9.20. The first-order valence-electron chi connectivity index (χ1n) is 11.4. The van der Waals surface area contributed by atoms with Crippen LogP contribution in [0.4, 0.5) is 11.4 Å². The van der Waals surface area contributed by atoms with E-state index in [1.54, 1.807) is 24.3 Å². The number of methoxy groups -OCH3 is 1. The molecule has 0 N–H and O–H groups in total. The molecule has 188 valence electrons. The van der Waals surface area contributed by atoms with Crippen LogP contribution in [0, 0.1) is 13.8 Å². The number of rotatable bonds is 7. The Bertz CT molecular complexity index is 1350. The summed E-state index contributed by atoms with van der Waals surface area (Å²) in [5.41, 5.74) is 3.76. The van der Waals surface area contributed by atoms with Crippen molar-refractivity contribution in [3.05, 3.63) is 100 Å². The highest BCUT2D eigenvalue weighted by molar-refractivity contribution is 9.10. The molecule has 0 bridgehead atoms. The van der Waals surface area contributed by atoms with Gasteiger partial charge in [0.2, 0.25) is 0 Å². The first kappa shape index (κ1) is 26.3. The molecule has 0 radical (unpaired) electrons. The van der Waals surface area contributed by atoms with Gasteiger partial charge < -0.3 is 9.47 Å². The number of nitrogens with zero attached hydrogens (tertiary/aromatic N) is 2. The average Bonchev–Trinajstić information content (AvgIpc) is 2.88. The zero-order valence-electron chi connectivity index (χ0n) is 20.7. The molecule has 0 aromatic heterocycles. The van der Waals surface area contributed by atoms with Crippen molar-refractivity contribution in [1.82, 2.24) is 0 Å². The summed E-state index contributed by atoms with van der Waals surface area (Å²) in [6, 6.07) is 18.3. The highest BCUT2D eigenvalue weighted by Gasteiger charge is 2.41. The second-order valence-electron chi connectivity index (χ2n) is 8.43. The van der Waals surface area contributed by atoms with Crippen LogP contribution < -0.4 is 19.3 Å². The van der Waals surface area contributed by atoms with Gasteiger partial charge in [-0.15, -0.1) is 0 Å². The van der Waals surface area contributed by atoms with E-state index in [2.05, 4.69) is 22.5 Å². The Morgan fingerprint density at radius 1 is 0.919 bits per heavy atom. The minimum Gasteiger partial charge on any atom is -0.493 e. The van der Waals surface area contributed by atoms with Crippen molar-refractivity contribution in [3.63, 3.8) is 0 Å². The number of hydrogen-bond acceptors (Lipinski definition) is 5. The molecule has 4 rings (SSSR count). The van der Waals surface area contributed by atoms with Gasteiger partial charge in [0.1, 0.15) is 12.2 Å². The van der Waals surface area contributed by atoms with E-state index in [1.807, 2.05) is 62.4 Å². The van der Waals surface area contributed by atoms with Crippen LogP contribution in [0.5, 0.6) is 11.5 Å². The van der Waals surface area contributed by atoms with E-state index in [9.17, 15) is 9.59 Å². The molecule has 37 heavy (non-hydrogen) atoms. The molecular formula is C29H25BrN2O4S. The summed E-state index contributed by atoms with van der Waals surface area (Å²) in [4.78, 5) is 30.3. The molecule has 3 aromatic rings. The van der Waals surface area contributed by atoms with Gasteiger partial charge in [0.05, 0.1) is 23.0 Å². The first-order chi connectivity index (χ1) is 17.7. The quantitative estimate of drug-likeness (QED) is 0.141. The Morgan fingerprint density at radius 3 is 1.89 bits per heavy atom. The third-order valence-corrected chi connectivity index (χ3v) is 6.70. The SMILES string of the molecule is C=CCOc1c(Br)cc(C=C2C(=O)N(c3ccc(C)cc3)C(=S)N(c3ccc(C)cc3)C2=O)cc1OC. The van der Waals surface area contributed by atoms with E-state index >= 15 is 0 Å². The Labute approximate surface area is 229 Å². The smallest absolute Gasteiger partial charge is 0.270 e. The third kappa shape index (κ3) is 5.35. The van der Waals surface area contributed by atoms with Crippen LogP contribution in [-0.2, 0) is 9.59 Å². The van der Waals surface area contributed by atoms with Crippen molar-refractivity contribution in [2.24, 2.45) is 0 Å². The van der Waals surface area contributed by atoms with Gasteiger partial charge in [0.25, 0.3) is 11.8 Å². The molecule has 1 aliphatic rings. The van der Waals surface area contributed by atoms with Crippen molar-refractivity contribution in [3.8, 4) is 11.5 Å². The summed E-state index contributed by atoms with van der Waals surface area (Å²) in [6.45, 7) is 7.88. The number of aryl methyl sites for hydroxylation is 2. The maximum Gasteiger partial charge on any atom is 0.270 e. The number of hydrogen-bond donors (Lipinski definition) is 0. The number of carbonyl (C=O) groups excluding carboxylic acids is 2. The number of ether oxygens (including phenoxy) is 2. The Balaban J connectivity index is 1.85. The van der Waals surface area contributed by atoms with Gasteiger partial charge in [-0.1, -0.05) is 48.0 Å². The molecule has 6 nitrogen and oxygen atoms in total. The van der Waals surface area contributed by atoms with Crippen LogP contribution in [0.15, 0.2) is 83.4 Å². The Kier molecular flexibility index (Phi) is 7.90. The minimum atomic E-state index is -0.510. The molecule has 8 heteroatoms. The molecule has 1 saturated heterocycles. The minimum absolute atomic E-state index is 0.0385. The second kappa shape index (κ2) is 11.1. The highest BCUT2D eigenvalue weighted by atomic mass is 79.9. The summed E-state index contributed by atoms with van der Waals surface area (Å²) in [6.07, 6.45) is 3.17. The molecule has 0 aliphatic carbocycles. The largest absolute Gasteiger partial charge is 0.493 e. The molecule has 1 heterocycles. The number of carbonyl (C=O) groups is 2. The van der Waals surface area contributed by atoms with Crippen molar-refractivity contribution in [1.29, 1.82) is 0 Å². The predicted octanol–water partition coefficient (Wildman–Crippen LogP) is 6.39. The normalized spacial score (nSPS) is 13.6. The Morgan fingerprint density at radius 2 is 1.43 bits per heavy atom. The van der Waals surface area contributed by atoms with Crippen molar-refractivity contribution < 1.29 is 19.1 Å². The molecule has 0 atom stereocenters. The van der Waals surface area contributed by atoms with Gasteiger partial charge in [-0.3, -0.25) is 19.4 Å². The van der Waals surface area contributed by atoms with E-state index < -0.39 is 11.8 Å². The van der Waals surface area contributed by atoms with Crippen LogP contribution in [0.3, 0.4) is 0 Å². The lowest BCUT2D eigenvalue weighted by Crippen LogP contribution is -2.56. The van der Waals surface area contributed by atoms with Crippen LogP contribution in [-0.4, -0.2) is 30.6 Å². The predicted molar refractivity (Wildman–Crippen MR) is 154 cm³/mol. The summed E-state index contributed by atoms with van der Waals surface area (Å²) in [7, 11) is 1.52. The van der Waals surface area contributed by atoms with Crippen molar-refractivity contribution >= 4 is 62.5 Å². The van der Waals surface area contributed by atoms with Crippen molar-refractivity contribution in [2.75, 3.05) is 23.5 Å². The van der Waals surface area contributed by atoms with Gasteiger partial charge in [-0.2, -0.15) is 0 Å². The van der Waals surface area contributed by atoms with Gasteiger partial charge in [-0.05, 0) is 90.0 Å². The maximum atomic E-state index is 13.8. The number of amides is 2. The van der Waals surface area contributed by atoms with Crippen LogP contribution in [0.1, 0.15) is 16.7 Å². The zero-order chi connectivity index (χ0) is 26.7. The van der Waals surface area contributed by atoms with Crippen LogP contribution >= 0.6 is 28.1 Å². The van der Waals surface area contributed by atoms with Gasteiger partial charge >= 0.3 is 0 Å². The molecule has 1 aliphatic heterocycles. The van der Waals surface area contributed by atoms with Gasteiger partial charge in [0.15, 0.2) is 16.6 Å². The maximum absolute atomic E-state index is 13.8. The van der Waals surface area contributed by atoms with E-state index in [4.69, 9.17) is 21.7 Å². The Hall–Kier alpha value is -3.75. The summed E-state index contributed by atoms with van der Waals surface area (Å²) in [5, 5.41) is 0.0896. The summed E-state index contributed by atoms with van der Waals surface area (Å²) < 4.78 is 11.8. The molecule has 1 fully saturated rings. The lowest BCUT2D eigenvalue weighted by atomic mass is 10.0. The second-order valence-corrected chi connectivity index (χ2v) is 9.65. The molecule has 3 aromatic carbocycles. The zero-order valence-corrected chi connectivity index (χ0v) is 23.1. The number of anilines is 2. The van der Waals surface area contributed by atoms with Gasteiger partial charge in [-0.25, -0.2) is 0 Å². The van der Waals surface area contributed by atoms with Gasteiger partial charge in [0, 0.05) is 0 Å². The number of benzene rings is 3. The summed E-state index contributed by atoms with van der Waals surface area (Å²) in [5.74, 6) is -0.0803. The molecule has 0 spiro atoms. The fourth-order valence-corrected chi connectivity index (χ4v) is 4.80. The highest BCUT2D eigenvalue weighted by Crippen LogP contribution is 2.38. The van der Waals surface area contributed by atoms with Crippen LogP contribution in [0.25, 0.3) is 6.08 Å². The van der Waals surface area contributed by atoms with E-state index in [0.29, 0.717) is 39.5 Å². The standard InChI is InChI=1S/C29H25BrN2O4S/c1-5-14-36-26-24(30)16-20(17-25(26)35-4)15-23-27(33)31(21-10-6-18(2)7-11-21)29(37)32(28(23)34)22-12-8-19(3)9-13-22/h5-13,15-17H,1,14H2,2-4H3. The average molecular weight is 578 g/mol. The number of halogens is 1. The van der Waals surface area contributed by atoms with E-state index in [0.717, 1.165) is 11.1 Å². The molecule has 0 unspecified atom stereocenters. The van der Waals surface area contributed by atoms with Crippen molar-refractivity contribution in [2.45, 2.75) is 13.8 Å². The topological polar surface area (TPSA) is 59.1 Å². The lowest BCUT2D eigenvalue weighted by molar-refractivity contribution is -0.120. The van der Waals surface area contributed by atoms with E-state index in [-0.39, 0.29) is 10.7 Å². The molecular weight excluding hydrogens is 552 g/mol.